The molecule has 4 rings (SSSR count). The van der Waals surface area contributed by atoms with Gasteiger partial charge >= 0.3 is 0 Å². The van der Waals surface area contributed by atoms with Crippen LogP contribution in [0.15, 0.2) is 66.7 Å². The lowest BCUT2D eigenvalue weighted by molar-refractivity contribution is -0.110. The number of nitrogens with two attached hydrogens (primary N) is 1. The van der Waals surface area contributed by atoms with Gasteiger partial charge in [-0.05, 0) is 48.7 Å². The van der Waals surface area contributed by atoms with Crippen LogP contribution in [0.5, 0.6) is 11.5 Å². The van der Waals surface area contributed by atoms with Gasteiger partial charge in [-0.15, -0.1) is 0 Å². The van der Waals surface area contributed by atoms with Gasteiger partial charge in [0.2, 0.25) is 0 Å². The molecule has 0 saturated carbocycles. The summed E-state index contributed by atoms with van der Waals surface area (Å²) in [6.07, 6.45) is 1.90. The number of carbonyl (C=O) groups excluding carboxylic acids is 1. The molecule has 0 fully saturated rings. The molecule has 164 valence electrons. The maximum absolute atomic E-state index is 13.1. The minimum atomic E-state index is -0.179. The van der Waals surface area contributed by atoms with Crippen molar-refractivity contribution in [3.8, 4) is 11.5 Å². The van der Waals surface area contributed by atoms with Gasteiger partial charge in [-0.1, -0.05) is 42.5 Å². The van der Waals surface area contributed by atoms with E-state index in [9.17, 15) is 4.79 Å². The average molecular weight is 430 g/mol. The standard InChI is InChI=1S/C26H27N3O3/c1-31-22-15-20-21(16-23(22)32-2)29-26(30)24(20)25(18-8-4-3-5-9-18)28-19-12-10-17(11-13-19)7-6-14-27/h3-5,8-13,15-16,28H,6-7,14,27H2,1-2H3,(H,29,30). The van der Waals surface area contributed by atoms with Gasteiger partial charge in [-0.2, -0.15) is 0 Å². The Labute approximate surface area is 188 Å². The van der Waals surface area contributed by atoms with E-state index in [4.69, 9.17) is 15.2 Å². The van der Waals surface area contributed by atoms with Crippen molar-refractivity contribution in [1.29, 1.82) is 0 Å². The second-order valence-electron chi connectivity index (χ2n) is 7.54. The lowest BCUT2D eigenvalue weighted by atomic mass is 9.99. The van der Waals surface area contributed by atoms with Gasteiger partial charge in [0, 0.05) is 17.3 Å². The Balaban J connectivity index is 1.80. The Morgan fingerprint density at radius 3 is 2.31 bits per heavy atom. The molecule has 1 aliphatic rings. The number of ether oxygens (including phenoxy) is 2. The van der Waals surface area contributed by atoms with E-state index in [1.807, 2.05) is 48.5 Å². The highest BCUT2D eigenvalue weighted by atomic mass is 16.5. The van der Waals surface area contributed by atoms with Gasteiger partial charge in [0.25, 0.3) is 5.91 Å². The van der Waals surface area contributed by atoms with Crippen LogP contribution >= 0.6 is 0 Å². The fourth-order valence-corrected chi connectivity index (χ4v) is 3.83. The van der Waals surface area contributed by atoms with Crippen LogP contribution in [0.3, 0.4) is 0 Å². The van der Waals surface area contributed by atoms with E-state index in [0.29, 0.717) is 29.3 Å². The number of methoxy groups -OCH3 is 2. The smallest absolute Gasteiger partial charge is 0.258 e. The zero-order chi connectivity index (χ0) is 22.5. The van der Waals surface area contributed by atoms with Crippen molar-refractivity contribution in [3.63, 3.8) is 0 Å². The van der Waals surface area contributed by atoms with E-state index in [2.05, 4.69) is 22.8 Å². The highest BCUT2D eigenvalue weighted by molar-refractivity contribution is 6.37. The number of aryl methyl sites for hydroxylation is 1. The van der Waals surface area contributed by atoms with Crippen molar-refractivity contribution in [3.05, 3.63) is 83.4 Å². The number of amides is 1. The first-order valence-corrected chi connectivity index (χ1v) is 10.6. The second kappa shape index (κ2) is 9.58. The van der Waals surface area contributed by atoms with Crippen molar-refractivity contribution < 1.29 is 14.3 Å². The Kier molecular flexibility index (Phi) is 6.42. The fourth-order valence-electron chi connectivity index (χ4n) is 3.83. The van der Waals surface area contributed by atoms with Crippen molar-refractivity contribution in [1.82, 2.24) is 0 Å². The van der Waals surface area contributed by atoms with Crippen LogP contribution in [0.2, 0.25) is 0 Å². The van der Waals surface area contributed by atoms with Crippen LogP contribution in [-0.2, 0) is 11.2 Å². The molecule has 0 unspecified atom stereocenters. The summed E-state index contributed by atoms with van der Waals surface area (Å²) < 4.78 is 10.9. The number of hydrogen-bond acceptors (Lipinski definition) is 5. The maximum Gasteiger partial charge on any atom is 0.258 e. The van der Waals surface area contributed by atoms with Gasteiger partial charge in [-0.3, -0.25) is 4.79 Å². The van der Waals surface area contributed by atoms with Gasteiger partial charge < -0.3 is 25.8 Å². The summed E-state index contributed by atoms with van der Waals surface area (Å²) in [5.41, 5.74) is 11.4. The molecule has 0 aromatic heterocycles. The molecule has 6 heteroatoms. The van der Waals surface area contributed by atoms with Gasteiger partial charge in [-0.25, -0.2) is 0 Å². The van der Waals surface area contributed by atoms with E-state index >= 15 is 0 Å². The molecule has 3 aromatic carbocycles. The molecule has 4 N–H and O–H groups in total. The molecule has 0 spiro atoms. The summed E-state index contributed by atoms with van der Waals surface area (Å²) in [6.45, 7) is 0.674. The molecule has 32 heavy (non-hydrogen) atoms. The largest absolute Gasteiger partial charge is 0.493 e. The maximum atomic E-state index is 13.1. The van der Waals surface area contributed by atoms with E-state index in [1.54, 1.807) is 20.3 Å². The summed E-state index contributed by atoms with van der Waals surface area (Å²) in [5.74, 6) is 0.952. The Hall–Kier alpha value is -3.77. The predicted molar refractivity (Wildman–Crippen MR) is 129 cm³/mol. The second-order valence-corrected chi connectivity index (χ2v) is 7.54. The van der Waals surface area contributed by atoms with Crippen LogP contribution in [-0.4, -0.2) is 26.7 Å². The monoisotopic (exact) mass is 429 g/mol. The fraction of sp³-hybridized carbons (Fsp3) is 0.192. The quantitative estimate of drug-likeness (QED) is 0.458. The van der Waals surface area contributed by atoms with E-state index in [-0.39, 0.29) is 5.91 Å². The third kappa shape index (κ3) is 4.31. The number of anilines is 2. The number of carbonyl (C=O) groups is 1. The molecule has 1 heterocycles. The lowest BCUT2D eigenvalue weighted by Gasteiger charge is -2.16. The van der Waals surface area contributed by atoms with Crippen molar-refractivity contribution in [2.75, 3.05) is 31.4 Å². The predicted octanol–water partition coefficient (Wildman–Crippen LogP) is 4.53. The van der Waals surface area contributed by atoms with E-state index in [1.165, 1.54) is 5.56 Å². The number of hydrogen-bond donors (Lipinski definition) is 3. The van der Waals surface area contributed by atoms with Crippen LogP contribution in [0.25, 0.3) is 11.3 Å². The molecule has 1 amide bonds. The Morgan fingerprint density at radius 1 is 0.969 bits per heavy atom. The molecular formula is C26H27N3O3. The summed E-state index contributed by atoms with van der Waals surface area (Å²) in [4.78, 5) is 13.1. The first-order chi connectivity index (χ1) is 15.6. The van der Waals surface area contributed by atoms with Crippen molar-refractivity contribution in [2.45, 2.75) is 12.8 Å². The highest BCUT2D eigenvalue weighted by Crippen LogP contribution is 2.43. The summed E-state index contributed by atoms with van der Waals surface area (Å²) in [5, 5.41) is 6.44. The first kappa shape index (κ1) is 21.5. The minimum absolute atomic E-state index is 0.179. The molecule has 0 bridgehead atoms. The minimum Gasteiger partial charge on any atom is -0.493 e. The molecule has 6 nitrogen and oxygen atoms in total. The molecule has 3 aromatic rings. The molecule has 0 saturated heterocycles. The van der Waals surface area contributed by atoms with E-state index < -0.39 is 0 Å². The zero-order valence-corrected chi connectivity index (χ0v) is 18.3. The average Bonchev–Trinajstić information content (AvgIpc) is 3.15. The number of fused-ring (bicyclic) bond motifs is 1. The summed E-state index contributed by atoms with van der Waals surface area (Å²) in [6, 6.07) is 21.7. The van der Waals surface area contributed by atoms with E-state index in [0.717, 1.165) is 35.4 Å². The third-order valence-electron chi connectivity index (χ3n) is 5.47. The normalized spacial score (nSPS) is 13.9. The van der Waals surface area contributed by atoms with Crippen molar-refractivity contribution in [2.24, 2.45) is 5.73 Å². The molecule has 1 aliphatic heterocycles. The highest BCUT2D eigenvalue weighted by Gasteiger charge is 2.30. The first-order valence-electron chi connectivity index (χ1n) is 10.6. The SMILES string of the molecule is COc1cc2c(cc1OC)C(=C(Nc1ccc(CCCN)cc1)c1ccccc1)C(=O)N2. The van der Waals surface area contributed by atoms with Crippen LogP contribution in [0.4, 0.5) is 11.4 Å². The number of rotatable bonds is 8. The summed E-state index contributed by atoms with van der Waals surface area (Å²) >= 11 is 0. The van der Waals surface area contributed by atoms with Gasteiger partial charge in [0.05, 0.1) is 31.2 Å². The van der Waals surface area contributed by atoms with Gasteiger partial charge in [0.15, 0.2) is 11.5 Å². The Bertz CT molecular complexity index is 1140. The number of benzene rings is 3. The topological polar surface area (TPSA) is 85.6 Å². The van der Waals surface area contributed by atoms with Gasteiger partial charge in [0.1, 0.15) is 0 Å². The van der Waals surface area contributed by atoms with Crippen LogP contribution in [0, 0.1) is 0 Å². The molecule has 0 aliphatic carbocycles. The molecule has 0 radical (unpaired) electrons. The Morgan fingerprint density at radius 2 is 1.66 bits per heavy atom. The van der Waals surface area contributed by atoms with Crippen LogP contribution < -0.4 is 25.8 Å². The number of nitrogens with one attached hydrogen (secondary N) is 2. The zero-order valence-electron chi connectivity index (χ0n) is 18.3. The van der Waals surface area contributed by atoms with Crippen LogP contribution in [0.1, 0.15) is 23.1 Å². The molecular weight excluding hydrogens is 402 g/mol. The van der Waals surface area contributed by atoms with Crippen molar-refractivity contribution >= 4 is 28.6 Å². The third-order valence-corrected chi connectivity index (χ3v) is 5.47. The summed E-state index contributed by atoms with van der Waals surface area (Å²) in [7, 11) is 3.16. The lowest BCUT2D eigenvalue weighted by Crippen LogP contribution is -2.10. The molecule has 0 atom stereocenters.